The van der Waals surface area contributed by atoms with Gasteiger partial charge in [0.15, 0.2) is 5.84 Å². The van der Waals surface area contributed by atoms with Gasteiger partial charge in [0.25, 0.3) is 5.91 Å². The molecule has 8 heteroatoms. The van der Waals surface area contributed by atoms with E-state index in [-0.39, 0.29) is 17.5 Å². The van der Waals surface area contributed by atoms with E-state index < -0.39 is 12.7 Å². The Balaban J connectivity index is 2.12. The molecule has 1 heterocycles. The van der Waals surface area contributed by atoms with E-state index in [9.17, 15) is 13.6 Å². The highest BCUT2D eigenvalue weighted by molar-refractivity contribution is 5.98. The van der Waals surface area contributed by atoms with Crippen molar-refractivity contribution in [2.24, 2.45) is 10.9 Å². The molecule has 6 nitrogen and oxygen atoms in total. The van der Waals surface area contributed by atoms with Crippen molar-refractivity contribution in [1.29, 1.82) is 0 Å². The standard InChI is InChI=1S/C13H15F2N3O3/c14-13(15)21-9-5-3-8(4-6-9)12(19)18-7-1-2-10(18)11(16)17-20/h3-6,10,13,20H,1-2,7H2,(H2,16,17). The van der Waals surface area contributed by atoms with Crippen molar-refractivity contribution in [3.05, 3.63) is 29.8 Å². The first-order chi connectivity index (χ1) is 10.0. The monoisotopic (exact) mass is 299 g/mol. The van der Waals surface area contributed by atoms with Crippen LogP contribution in [0.5, 0.6) is 5.75 Å². The first-order valence-electron chi connectivity index (χ1n) is 6.36. The van der Waals surface area contributed by atoms with E-state index in [0.29, 0.717) is 18.5 Å². The summed E-state index contributed by atoms with van der Waals surface area (Å²) >= 11 is 0. The van der Waals surface area contributed by atoms with Crippen LogP contribution < -0.4 is 10.5 Å². The maximum absolute atomic E-state index is 12.4. The number of amides is 1. The van der Waals surface area contributed by atoms with Crippen molar-refractivity contribution in [3.63, 3.8) is 0 Å². The van der Waals surface area contributed by atoms with Crippen LogP contribution in [0.15, 0.2) is 29.4 Å². The number of alkyl halides is 2. The lowest BCUT2D eigenvalue weighted by molar-refractivity contribution is -0.0498. The Morgan fingerprint density at radius 2 is 2.10 bits per heavy atom. The zero-order valence-electron chi connectivity index (χ0n) is 11.1. The number of oxime groups is 1. The van der Waals surface area contributed by atoms with Gasteiger partial charge in [-0.15, -0.1) is 0 Å². The lowest BCUT2D eigenvalue weighted by Gasteiger charge is -2.23. The minimum absolute atomic E-state index is 0.0153. The Morgan fingerprint density at radius 1 is 1.43 bits per heavy atom. The number of benzene rings is 1. The van der Waals surface area contributed by atoms with Gasteiger partial charge in [0, 0.05) is 12.1 Å². The number of hydrogen-bond acceptors (Lipinski definition) is 4. The Hall–Kier alpha value is -2.38. The summed E-state index contributed by atoms with van der Waals surface area (Å²) in [6.45, 7) is -2.41. The summed E-state index contributed by atoms with van der Waals surface area (Å²) < 4.78 is 28.3. The molecule has 1 aromatic rings. The molecular weight excluding hydrogens is 284 g/mol. The van der Waals surface area contributed by atoms with Gasteiger partial charge in [0.05, 0.1) is 6.04 Å². The Morgan fingerprint density at radius 3 is 2.67 bits per heavy atom. The topological polar surface area (TPSA) is 88.2 Å². The van der Waals surface area contributed by atoms with Crippen LogP contribution in [0.4, 0.5) is 8.78 Å². The molecule has 0 bridgehead atoms. The number of ether oxygens (including phenoxy) is 1. The van der Waals surface area contributed by atoms with Gasteiger partial charge in [-0.3, -0.25) is 4.79 Å². The fraction of sp³-hybridized carbons (Fsp3) is 0.385. The quantitative estimate of drug-likeness (QED) is 0.383. The van der Waals surface area contributed by atoms with E-state index in [0.717, 1.165) is 6.42 Å². The summed E-state index contributed by atoms with van der Waals surface area (Å²) in [5, 5.41) is 11.7. The average Bonchev–Trinajstić information content (AvgIpc) is 2.95. The molecule has 1 fully saturated rings. The van der Waals surface area contributed by atoms with E-state index in [1.54, 1.807) is 0 Å². The third kappa shape index (κ3) is 3.39. The van der Waals surface area contributed by atoms with Crippen LogP contribution in [0.25, 0.3) is 0 Å². The molecule has 1 atom stereocenters. The Bertz CT molecular complexity index is 534. The van der Waals surface area contributed by atoms with Gasteiger partial charge < -0.3 is 20.6 Å². The minimum Gasteiger partial charge on any atom is -0.435 e. The fourth-order valence-corrected chi connectivity index (χ4v) is 2.33. The molecule has 2 rings (SSSR count). The minimum atomic E-state index is -2.91. The summed E-state index contributed by atoms with van der Waals surface area (Å²) in [4.78, 5) is 13.9. The van der Waals surface area contributed by atoms with Crippen LogP contribution in [0.1, 0.15) is 23.2 Å². The van der Waals surface area contributed by atoms with Crippen LogP contribution in [-0.2, 0) is 0 Å². The van der Waals surface area contributed by atoms with Crippen LogP contribution in [0.3, 0.4) is 0 Å². The predicted octanol–water partition coefficient (Wildman–Crippen LogP) is 1.64. The molecule has 3 N–H and O–H groups in total. The molecular formula is C13H15F2N3O3. The largest absolute Gasteiger partial charge is 0.435 e. The number of nitrogens with two attached hydrogens (primary N) is 1. The van der Waals surface area contributed by atoms with E-state index in [1.807, 2.05) is 0 Å². The number of amidine groups is 1. The smallest absolute Gasteiger partial charge is 0.387 e. The third-order valence-corrected chi connectivity index (χ3v) is 3.30. The zero-order valence-corrected chi connectivity index (χ0v) is 11.1. The van der Waals surface area contributed by atoms with Crippen molar-refractivity contribution < 1.29 is 23.5 Å². The molecule has 0 saturated carbocycles. The number of nitrogens with zero attached hydrogens (tertiary/aromatic N) is 2. The van der Waals surface area contributed by atoms with Gasteiger partial charge in [0.2, 0.25) is 0 Å². The molecule has 21 heavy (non-hydrogen) atoms. The molecule has 114 valence electrons. The Kier molecular flexibility index (Phi) is 4.56. The van der Waals surface area contributed by atoms with Crippen molar-refractivity contribution in [1.82, 2.24) is 4.90 Å². The predicted molar refractivity (Wildman–Crippen MR) is 70.5 cm³/mol. The SMILES string of the molecule is NC(=NO)C1CCCN1C(=O)c1ccc(OC(F)F)cc1. The van der Waals surface area contributed by atoms with E-state index in [1.165, 1.54) is 29.2 Å². The number of hydrogen-bond donors (Lipinski definition) is 2. The van der Waals surface area contributed by atoms with Crippen molar-refractivity contribution in [2.75, 3.05) is 6.54 Å². The summed E-state index contributed by atoms with van der Waals surface area (Å²) in [5.74, 6) is -0.331. The normalized spacial score (nSPS) is 19.1. The van der Waals surface area contributed by atoms with Crippen LogP contribution in [0.2, 0.25) is 0 Å². The number of halogens is 2. The van der Waals surface area contributed by atoms with E-state index in [4.69, 9.17) is 10.9 Å². The van der Waals surface area contributed by atoms with Crippen LogP contribution in [-0.4, -0.2) is 41.0 Å². The second kappa shape index (κ2) is 6.38. The molecule has 0 radical (unpaired) electrons. The van der Waals surface area contributed by atoms with Crippen LogP contribution in [0, 0.1) is 0 Å². The molecule has 1 aliphatic heterocycles. The summed E-state index contributed by atoms with van der Waals surface area (Å²) in [6.07, 6.45) is 1.37. The fourth-order valence-electron chi connectivity index (χ4n) is 2.33. The lowest BCUT2D eigenvalue weighted by atomic mass is 10.1. The second-order valence-corrected chi connectivity index (χ2v) is 4.58. The maximum Gasteiger partial charge on any atom is 0.387 e. The highest BCUT2D eigenvalue weighted by Gasteiger charge is 2.32. The average molecular weight is 299 g/mol. The molecule has 0 spiro atoms. The second-order valence-electron chi connectivity index (χ2n) is 4.58. The number of likely N-dealkylation sites (tertiary alicyclic amines) is 1. The molecule has 1 unspecified atom stereocenters. The number of rotatable bonds is 4. The van der Waals surface area contributed by atoms with Crippen molar-refractivity contribution in [3.8, 4) is 5.75 Å². The molecule has 0 aliphatic carbocycles. The van der Waals surface area contributed by atoms with Crippen LogP contribution >= 0.6 is 0 Å². The summed E-state index contributed by atoms with van der Waals surface area (Å²) in [7, 11) is 0. The molecule has 1 aliphatic rings. The maximum atomic E-state index is 12.4. The molecule has 1 saturated heterocycles. The highest BCUT2D eigenvalue weighted by Crippen LogP contribution is 2.22. The molecule has 1 aromatic carbocycles. The summed E-state index contributed by atoms with van der Waals surface area (Å²) in [6, 6.07) is 4.96. The van der Waals surface area contributed by atoms with Gasteiger partial charge in [-0.1, -0.05) is 5.16 Å². The summed E-state index contributed by atoms with van der Waals surface area (Å²) in [5.41, 5.74) is 5.89. The first-order valence-corrected chi connectivity index (χ1v) is 6.36. The number of carbonyl (C=O) groups is 1. The zero-order chi connectivity index (χ0) is 15.4. The molecule has 1 amide bonds. The van der Waals surface area contributed by atoms with Crippen molar-refractivity contribution in [2.45, 2.75) is 25.5 Å². The van der Waals surface area contributed by atoms with Gasteiger partial charge in [0.1, 0.15) is 5.75 Å². The lowest BCUT2D eigenvalue weighted by Crippen LogP contribution is -2.43. The first kappa shape index (κ1) is 15.0. The van der Waals surface area contributed by atoms with Gasteiger partial charge in [-0.05, 0) is 37.1 Å². The van der Waals surface area contributed by atoms with E-state index >= 15 is 0 Å². The number of carbonyl (C=O) groups excluding carboxylic acids is 1. The highest BCUT2D eigenvalue weighted by atomic mass is 19.3. The van der Waals surface area contributed by atoms with Gasteiger partial charge >= 0.3 is 6.61 Å². The van der Waals surface area contributed by atoms with Gasteiger partial charge in [-0.25, -0.2) is 0 Å². The Labute approximate surface area is 119 Å². The van der Waals surface area contributed by atoms with Crippen molar-refractivity contribution >= 4 is 11.7 Å². The van der Waals surface area contributed by atoms with Gasteiger partial charge in [-0.2, -0.15) is 8.78 Å². The third-order valence-electron chi connectivity index (χ3n) is 3.30. The van der Waals surface area contributed by atoms with E-state index in [2.05, 4.69) is 9.89 Å². The molecule has 0 aromatic heterocycles.